The van der Waals surface area contributed by atoms with Gasteiger partial charge in [-0.3, -0.25) is 10.1 Å². The summed E-state index contributed by atoms with van der Waals surface area (Å²) in [6.07, 6.45) is 2.47. The molecule has 0 spiro atoms. The minimum Gasteiger partial charge on any atom is -0.350 e. The van der Waals surface area contributed by atoms with Crippen LogP contribution in [0.3, 0.4) is 0 Å². The van der Waals surface area contributed by atoms with Crippen molar-refractivity contribution in [1.29, 1.82) is 0 Å². The van der Waals surface area contributed by atoms with Gasteiger partial charge in [0.25, 0.3) is 0 Å². The van der Waals surface area contributed by atoms with Crippen LogP contribution in [0.1, 0.15) is 27.2 Å². The molecule has 0 fully saturated rings. The van der Waals surface area contributed by atoms with Gasteiger partial charge in [0, 0.05) is 29.8 Å². The van der Waals surface area contributed by atoms with Crippen LogP contribution in [-0.4, -0.2) is 29.5 Å². The molecule has 0 radical (unpaired) electrons. The first-order valence-electron chi connectivity index (χ1n) is 6.55. The standard InChI is InChI=1S/C13H21BrN4O2/c1-4-5-17(9-13(2,3)8-15)12-11(18(19)20)6-10(14)7-16-12/h6-7H,4-5,8-9,15H2,1-3H3. The number of aromatic nitrogens is 1. The van der Waals surface area contributed by atoms with Crippen molar-refractivity contribution in [3.05, 3.63) is 26.9 Å². The summed E-state index contributed by atoms with van der Waals surface area (Å²) in [6.45, 7) is 7.97. The second-order valence-electron chi connectivity index (χ2n) is 5.54. The lowest BCUT2D eigenvalue weighted by Crippen LogP contribution is -2.40. The lowest BCUT2D eigenvalue weighted by atomic mass is 9.93. The second-order valence-corrected chi connectivity index (χ2v) is 6.46. The number of hydrogen-bond donors (Lipinski definition) is 1. The average Bonchev–Trinajstić information content (AvgIpc) is 2.38. The first-order chi connectivity index (χ1) is 9.30. The normalized spacial score (nSPS) is 11.4. The molecular formula is C13H21BrN4O2. The Morgan fingerprint density at radius 2 is 2.20 bits per heavy atom. The number of nitro groups is 1. The third kappa shape index (κ3) is 4.42. The monoisotopic (exact) mass is 344 g/mol. The molecule has 1 rings (SSSR count). The number of anilines is 1. The zero-order valence-electron chi connectivity index (χ0n) is 12.1. The van der Waals surface area contributed by atoms with Crippen LogP contribution in [0.4, 0.5) is 11.5 Å². The van der Waals surface area contributed by atoms with E-state index in [0.29, 0.717) is 29.9 Å². The molecule has 0 aliphatic carbocycles. The van der Waals surface area contributed by atoms with Crippen LogP contribution in [0.5, 0.6) is 0 Å². The van der Waals surface area contributed by atoms with E-state index in [0.717, 1.165) is 6.42 Å². The molecule has 0 saturated heterocycles. The summed E-state index contributed by atoms with van der Waals surface area (Å²) in [5, 5.41) is 11.2. The van der Waals surface area contributed by atoms with Gasteiger partial charge in [-0.15, -0.1) is 0 Å². The van der Waals surface area contributed by atoms with E-state index in [1.807, 2.05) is 25.7 Å². The van der Waals surface area contributed by atoms with E-state index in [2.05, 4.69) is 20.9 Å². The summed E-state index contributed by atoms with van der Waals surface area (Å²) in [6, 6.07) is 1.49. The van der Waals surface area contributed by atoms with Gasteiger partial charge in [-0.2, -0.15) is 0 Å². The molecule has 0 atom stereocenters. The number of hydrogen-bond acceptors (Lipinski definition) is 5. The molecule has 0 aromatic carbocycles. The molecule has 0 aliphatic heterocycles. The van der Waals surface area contributed by atoms with Crippen molar-refractivity contribution < 1.29 is 4.92 Å². The molecular weight excluding hydrogens is 324 g/mol. The summed E-state index contributed by atoms with van der Waals surface area (Å²) in [4.78, 5) is 17.0. The average molecular weight is 345 g/mol. The van der Waals surface area contributed by atoms with Crippen LogP contribution in [0.15, 0.2) is 16.7 Å². The van der Waals surface area contributed by atoms with Crippen molar-refractivity contribution in [2.24, 2.45) is 11.1 Å². The summed E-state index contributed by atoms with van der Waals surface area (Å²) < 4.78 is 0.600. The fourth-order valence-corrected chi connectivity index (χ4v) is 2.23. The van der Waals surface area contributed by atoms with Crippen LogP contribution in [-0.2, 0) is 0 Å². The first-order valence-corrected chi connectivity index (χ1v) is 7.35. The number of rotatable bonds is 7. The van der Waals surface area contributed by atoms with E-state index in [-0.39, 0.29) is 11.1 Å². The minimum absolute atomic E-state index is 0.0145. The minimum atomic E-state index is -0.398. The number of nitrogens with two attached hydrogens (primary N) is 1. The molecule has 0 unspecified atom stereocenters. The fourth-order valence-electron chi connectivity index (χ4n) is 1.91. The summed E-state index contributed by atoms with van der Waals surface area (Å²) in [7, 11) is 0. The van der Waals surface area contributed by atoms with Gasteiger partial charge in [0.05, 0.1) is 4.92 Å². The predicted octanol–water partition coefficient (Wildman–Crippen LogP) is 2.95. The highest BCUT2D eigenvalue weighted by molar-refractivity contribution is 9.10. The Hall–Kier alpha value is -1.21. The van der Waals surface area contributed by atoms with Crippen LogP contribution in [0, 0.1) is 15.5 Å². The Kier molecular flexibility index (Phi) is 5.88. The van der Waals surface area contributed by atoms with Crippen molar-refractivity contribution in [2.75, 3.05) is 24.5 Å². The molecule has 0 amide bonds. The van der Waals surface area contributed by atoms with E-state index in [4.69, 9.17) is 5.73 Å². The van der Waals surface area contributed by atoms with E-state index in [1.165, 1.54) is 6.07 Å². The van der Waals surface area contributed by atoms with E-state index >= 15 is 0 Å². The Bertz CT molecular complexity index is 479. The molecule has 0 saturated carbocycles. The number of pyridine rings is 1. The van der Waals surface area contributed by atoms with E-state index < -0.39 is 4.92 Å². The molecule has 1 aromatic heterocycles. The summed E-state index contributed by atoms with van der Waals surface area (Å²) in [5.74, 6) is 0.404. The Morgan fingerprint density at radius 1 is 1.55 bits per heavy atom. The van der Waals surface area contributed by atoms with Gasteiger partial charge >= 0.3 is 5.69 Å². The topological polar surface area (TPSA) is 85.3 Å². The smallest absolute Gasteiger partial charge is 0.312 e. The largest absolute Gasteiger partial charge is 0.350 e. The van der Waals surface area contributed by atoms with Crippen molar-refractivity contribution in [2.45, 2.75) is 27.2 Å². The number of nitrogens with zero attached hydrogens (tertiary/aromatic N) is 3. The second kappa shape index (κ2) is 6.99. The van der Waals surface area contributed by atoms with Crippen LogP contribution in [0.25, 0.3) is 0 Å². The molecule has 0 bridgehead atoms. The molecule has 0 aliphatic rings. The van der Waals surface area contributed by atoms with Gasteiger partial charge in [-0.05, 0) is 34.3 Å². The SMILES string of the molecule is CCCN(CC(C)(C)CN)c1ncc(Br)cc1[N+](=O)[O-]. The first kappa shape index (κ1) is 16.8. The highest BCUT2D eigenvalue weighted by atomic mass is 79.9. The summed E-state index contributed by atoms with van der Waals surface area (Å²) >= 11 is 3.22. The lowest BCUT2D eigenvalue weighted by molar-refractivity contribution is -0.384. The van der Waals surface area contributed by atoms with Crippen LogP contribution < -0.4 is 10.6 Å². The van der Waals surface area contributed by atoms with Gasteiger partial charge < -0.3 is 10.6 Å². The van der Waals surface area contributed by atoms with Crippen molar-refractivity contribution in [3.8, 4) is 0 Å². The lowest BCUT2D eigenvalue weighted by Gasteiger charge is -2.32. The molecule has 1 aromatic rings. The molecule has 112 valence electrons. The Morgan fingerprint density at radius 3 is 2.70 bits per heavy atom. The van der Waals surface area contributed by atoms with E-state index in [9.17, 15) is 10.1 Å². The maximum Gasteiger partial charge on any atom is 0.312 e. The van der Waals surface area contributed by atoms with Crippen molar-refractivity contribution in [3.63, 3.8) is 0 Å². The quantitative estimate of drug-likeness (QED) is 0.607. The third-order valence-corrected chi connectivity index (χ3v) is 3.41. The van der Waals surface area contributed by atoms with Crippen molar-refractivity contribution >= 4 is 27.4 Å². The van der Waals surface area contributed by atoms with Crippen LogP contribution in [0.2, 0.25) is 0 Å². The van der Waals surface area contributed by atoms with Gasteiger partial charge in [0.2, 0.25) is 5.82 Å². The van der Waals surface area contributed by atoms with Gasteiger partial charge in [0.15, 0.2) is 0 Å². The molecule has 7 heteroatoms. The van der Waals surface area contributed by atoms with Gasteiger partial charge in [-0.25, -0.2) is 4.98 Å². The molecule has 6 nitrogen and oxygen atoms in total. The number of halogens is 1. The van der Waals surface area contributed by atoms with Gasteiger partial charge in [-0.1, -0.05) is 20.8 Å². The predicted molar refractivity (Wildman–Crippen MR) is 83.9 cm³/mol. The molecule has 2 N–H and O–H groups in total. The highest BCUT2D eigenvalue weighted by Gasteiger charge is 2.26. The van der Waals surface area contributed by atoms with E-state index in [1.54, 1.807) is 6.20 Å². The molecule has 1 heterocycles. The fraction of sp³-hybridized carbons (Fsp3) is 0.615. The zero-order chi connectivity index (χ0) is 15.3. The zero-order valence-corrected chi connectivity index (χ0v) is 13.7. The maximum absolute atomic E-state index is 11.2. The Balaban J connectivity index is 3.17. The van der Waals surface area contributed by atoms with Gasteiger partial charge in [0.1, 0.15) is 0 Å². The Labute approximate surface area is 127 Å². The highest BCUT2D eigenvalue weighted by Crippen LogP contribution is 2.30. The van der Waals surface area contributed by atoms with Crippen molar-refractivity contribution in [1.82, 2.24) is 4.98 Å². The molecule has 20 heavy (non-hydrogen) atoms. The maximum atomic E-state index is 11.2. The summed E-state index contributed by atoms with van der Waals surface area (Å²) in [5.41, 5.74) is 5.65. The van der Waals surface area contributed by atoms with Crippen LogP contribution >= 0.6 is 15.9 Å². The third-order valence-electron chi connectivity index (χ3n) is 2.98.